The third-order valence-corrected chi connectivity index (χ3v) is 6.65. The summed E-state index contributed by atoms with van der Waals surface area (Å²) >= 11 is 3.00. The number of fused-ring (bicyclic) bond motifs is 1. The third-order valence-electron chi connectivity index (χ3n) is 4.86. The first-order valence-corrected chi connectivity index (χ1v) is 11.3. The predicted octanol–water partition coefficient (Wildman–Crippen LogP) is 4.60. The standard InChI is InChI=1S/C22H17N3O4S2/c26-19(24(10-15-4-1-7-28-15)11-16-5-2-8-29-16)12-25-14-23-21-20(22(25)27)17(13-31-21)18-6-3-9-30-18/h1-9,13-14H,10-12H2. The lowest BCUT2D eigenvalue weighted by molar-refractivity contribution is -0.133. The molecule has 0 aromatic carbocycles. The van der Waals surface area contributed by atoms with Crippen LogP contribution in [0.5, 0.6) is 0 Å². The van der Waals surface area contributed by atoms with E-state index in [2.05, 4.69) is 4.98 Å². The van der Waals surface area contributed by atoms with Gasteiger partial charge >= 0.3 is 0 Å². The summed E-state index contributed by atoms with van der Waals surface area (Å²) < 4.78 is 12.2. The minimum atomic E-state index is -0.232. The average Bonchev–Trinajstić information content (AvgIpc) is 3.56. The van der Waals surface area contributed by atoms with Crippen molar-refractivity contribution in [1.29, 1.82) is 0 Å². The number of amides is 1. The Hall–Kier alpha value is -3.43. The second kappa shape index (κ2) is 8.37. The summed E-state index contributed by atoms with van der Waals surface area (Å²) in [4.78, 5) is 34.1. The van der Waals surface area contributed by atoms with Gasteiger partial charge in [-0.1, -0.05) is 6.07 Å². The van der Waals surface area contributed by atoms with Crippen LogP contribution in [0.15, 0.2) is 79.6 Å². The van der Waals surface area contributed by atoms with E-state index in [9.17, 15) is 9.59 Å². The van der Waals surface area contributed by atoms with Crippen LogP contribution in [-0.4, -0.2) is 20.4 Å². The molecule has 5 heterocycles. The Kier molecular flexibility index (Phi) is 5.27. The topological polar surface area (TPSA) is 81.5 Å². The van der Waals surface area contributed by atoms with Gasteiger partial charge in [0.1, 0.15) is 22.9 Å². The quantitative estimate of drug-likeness (QED) is 0.361. The number of hydrogen-bond donors (Lipinski definition) is 0. The van der Waals surface area contributed by atoms with Crippen LogP contribution in [0.3, 0.4) is 0 Å². The number of furan rings is 2. The van der Waals surface area contributed by atoms with Crippen molar-refractivity contribution in [2.45, 2.75) is 19.6 Å². The number of nitrogens with zero attached hydrogens (tertiary/aromatic N) is 3. The van der Waals surface area contributed by atoms with Gasteiger partial charge in [-0.15, -0.1) is 22.7 Å². The Labute approximate surface area is 184 Å². The molecule has 0 N–H and O–H groups in total. The molecular weight excluding hydrogens is 434 g/mol. The van der Waals surface area contributed by atoms with Gasteiger partial charge in [0.15, 0.2) is 0 Å². The van der Waals surface area contributed by atoms with Crippen LogP contribution in [0, 0.1) is 0 Å². The second-order valence-electron chi connectivity index (χ2n) is 6.89. The van der Waals surface area contributed by atoms with E-state index < -0.39 is 0 Å². The lowest BCUT2D eigenvalue weighted by Gasteiger charge is -2.21. The van der Waals surface area contributed by atoms with Crippen molar-refractivity contribution < 1.29 is 13.6 Å². The van der Waals surface area contributed by atoms with E-state index >= 15 is 0 Å². The number of thiophene rings is 2. The molecule has 0 fully saturated rings. The normalized spacial score (nSPS) is 11.2. The van der Waals surface area contributed by atoms with Crippen LogP contribution >= 0.6 is 22.7 Å². The zero-order valence-electron chi connectivity index (χ0n) is 16.3. The minimum absolute atomic E-state index is 0.122. The fourth-order valence-corrected chi connectivity index (χ4v) is 5.07. The Morgan fingerprint density at radius 3 is 2.39 bits per heavy atom. The highest BCUT2D eigenvalue weighted by Crippen LogP contribution is 2.33. The zero-order chi connectivity index (χ0) is 21.2. The SMILES string of the molecule is O=C(Cn1cnc2scc(-c3cccs3)c2c1=O)N(Cc1ccco1)Cc1ccco1. The summed E-state index contributed by atoms with van der Waals surface area (Å²) in [5, 5.41) is 4.46. The van der Waals surface area contributed by atoms with Gasteiger partial charge in [-0.3, -0.25) is 14.2 Å². The van der Waals surface area contributed by atoms with E-state index in [4.69, 9.17) is 8.83 Å². The molecule has 5 rings (SSSR count). The molecule has 1 amide bonds. The molecule has 0 bridgehead atoms. The molecule has 0 spiro atoms. The van der Waals surface area contributed by atoms with E-state index in [0.29, 0.717) is 21.7 Å². The molecular formula is C22H17N3O4S2. The largest absolute Gasteiger partial charge is 0.467 e. The summed E-state index contributed by atoms with van der Waals surface area (Å²) in [6.45, 7) is 0.425. The van der Waals surface area contributed by atoms with Gasteiger partial charge in [0.25, 0.3) is 5.56 Å². The predicted molar refractivity (Wildman–Crippen MR) is 119 cm³/mol. The minimum Gasteiger partial charge on any atom is -0.467 e. The van der Waals surface area contributed by atoms with Crippen LogP contribution in [0.4, 0.5) is 0 Å². The molecule has 31 heavy (non-hydrogen) atoms. The van der Waals surface area contributed by atoms with Crippen LogP contribution in [0.1, 0.15) is 11.5 Å². The molecule has 5 aromatic heterocycles. The van der Waals surface area contributed by atoms with Crippen molar-refractivity contribution in [3.8, 4) is 10.4 Å². The van der Waals surface area contributed by atoms with E-state index in [1.54, 1.807) is 53.0 Å². The number of aromatic nitrogens is 2. The van der Waals surface area contributed by atoms with Crippen molar-refractivity contribution in [2.24, 2.45) is 0 Å². The lowest BCUT2D eigenvalue weighted by atomic mass is 10.2. The summed E-state index contributed by atoms with van der Waals surface area (Å²) in [6.07, 6.45) is 4.57. The fourth-order valence-electron chi connectivity index (χ4n) is 3.35. The molecule has 0 radical (unpaired) electrons. The Balaban J connectivity index is 1.45. The van der Waals surface area contributed by atoms with Crippen LogP contribution in [0.25, 0.3) is 20.7 Å². The first kappa shape index (κ1) is 19.5. The molecule has 0 aliphatic carbocycles. The molecule has 0 saturated carbocycles. The Morgan fingerprint density at radius 1 is 1.03 bits per heavy atom. The molecule has 0 aliphatic heterocycles. The van der Waals surface area contributed by atoms with E-state index in [0.717, 1.165) is 10.4 Å². The number of carbonyl (C=O) groups is 1. The fraction of sp³-hybridized carbons (Fsp3) is 0.136. The monoisotopic (exact) mass is 451 g/mol. The highest BCUT2D eigenvalue weighted by Gasteiger charge is 2.20. The number of rotatable bonds is 7. The Bertz CT molecular complexity index is 1310. The van der Waals surface area contributed by atoms with Crippen molar-refractivity contribution >= 4 is 38.8 Å². The van der Waals surface area contributed by atoms with Gasteiger partial charge in [-0.2, -0.15) is 0 Å². The van der Waals surface area contributed by atoms with Gasteiger partial charge in [0.2, 0.25) is 5.91 Å². The van der Waals surface area contributed by atoms with E-state index in [-0.39, 0.29) is 31.1 Å². The molecule has 0 saturated heterocycles. The van der Waals surface area contributed by atoms with Crippen molar-refractivity contribution in [3.63, 3.8) is 0 Å². The van der Waals surface area contributed by atoms with E-state index in [1.807, 2.05) is 22.9 Å². The van der Waals surface area contributed by atoms with Crippen LogP contribution < -0.4 is 5.56 Å². The zero-order valence-corrected chi connectivity index (χ0v) is 17.9. The first-order chi connectivity index (χ1) is 15.2. The molecule has 0 atom stereocenters. The number of carbonyl (C=O) groups excluding carboxylic acids is 1. The van der Waals surface area contributed by atoms with Crippen LogP contribution in [-0.2, 0) is 24.4 Å². The lowest BCUT2D eigenvalue weighted by Crippen LogP contribution is -2.35. The molecule has 9 heteroatoms. The molecule has 156 valence electrons. The molecule has 5 aromatic rings. The third kappa shape index (κ3) is 3.97. The highest BCUT2D eigenvalue weighted by atomic mass is 32.1. The summed E-state index contributed by atoms with van der Waals surface area (Å²) in [6, 6.07) is 11.1. The average molecular weight is 452 g/mol. The Morgan fingerprint density at radius 2 is 1.77 bits per heavy atom. The smallest absolute Gasteiger partial charge is 0.263 e. The summed E-state index contributed by atoms with van der Waals surface area (Å²) in [7, 11) is 0. The van der Waals surface area contributed by atoms with Crippen LogP contribution in [0.2, 0.25) is 0 Å². The van der Waals surface area contributed by atoms with Gasteiger partial charge in [0, 0.05) is 15.8 Å². The molecule has 0 aliphatic rings. The van der Waals surface area contributed by atoms with Gasteiger partial charge in [-0.05, 0) is 35.7 Å². The van der Waals surface area contributed by atoms with Crippen molar-refractivity contribution in [3.05, 3.63) is 87.9 Å². The van der Waals surface area contributed by atoms with E-state index in [1.165, 1.54) is 22.2 Å². The highest BCUT2D eigenvalue weighted by molar-refractivity contribution is 7.18. The molecule has 0 unspecified atom stereocenters. The summed E-state index contributed by atoms with van der Waals surface area (Å²) in [5.41, 5.74) is 0.635. The van der Waals surface area contributed by atoms with Gasteiger partial charge in [0.05, 0.1) is 37.3 Å². The summed E-state index contributed by atoms with van der Waals surface area (Å²) in [5.74, 6) is 1.07. The van der Waals surface area contributed by atoms with Gasteiger partial charge in [-0.25, -0.2) is 4.98 Å². The maximum atomic E-state index is 13.2. The van der Waals surface area contributed by atoms with Gasteiger partial charge < -0.3 is 13.7 Å². The maximum absolute atomic E-state index is 13.2. The second-order valence-corrected chi connectivity index (χ2v) is 8.70. The van der Waals surface area contributed by atoms with Crippen molar-refractivity contribution in [2.75, 3.05) is 0 Å². The first-order valence-electron chi connectivity index (χ1n) is 9.52. The van der Waals surface area contributed by atoms with Crippen molar-refractivity contribution in [1.82, 2.24) is 14.5 Å². The molecule has 7 nitrogen and oxygen atoms in total. The number of hydrogen-bond acceptors (Lipinski definition) is 7. The maximum Gasteiger partial charge on any atom is 0.263 e.